The van der Waals surface area contributed by atoms with Gasteiger partial charge in [-0.1, -0.05) is 18.7 Å². The van der Waals surface area contributed by atoms with Crippen LogP contribution in [0.25, 0.3) is 27.4 Å². The number of amides is 1. The quantitative estimate of drug-likeness (QED) is 0.207. The van der Waals surface area contributed by atoms with Crippen LogP contribution in [0.15, 0.2) is 67.1 Å². The van der Waals surface area contributed by atoms with Gasteiger partial charge in [0.15, 0.2) is 12.4 Å². The molecule has 4 aromatic rings. The van der Waals surface area contributed by atoms with Gasteiger partial charge in [0.2, 0.25) is 0 Å². The first-order chi connectivity index (χ1) is 18.9. The van der Waals surface area contributed by atoms with E-state index in [-0.39, 0.29) is 18.6 Å². The lowest BCUT2D eigenvalue weighted by Crippen LogP contribution is -2.33. The molecule has 0 aliphatic carbocycles. The number of ether oxygens (including phenoxy) is 2. The van der Waals surface area contributed by atoms with Crippen molar-refractivity contribution in [2.75, 3.05) is 11.9 Å². The van der Waals surface area contributed by atoms with Gasteiger partial charge in [-0.05, 0) is 78.0 Å². The fraction of sp³-hybridized carbons (Fsp3) is 0.300. The average Bonchev–Trinajstić information content (AvgIpc) is 3.29. The molecule has 10 nitrogen and oxygen atoms in total. The van der Waals surface area contributed by atoms with Crippen molar-refractivity contribution in [3.05, 3.63) is 72.9 Å². The molecular weight excluding hydrogens is 508 g/mol. The predicted molar refractivity (Wildman–Crippen MR) is 156 cm³/mol. The van der Waals surface area contributed by atoms with E-state index >= 15 is 0 Å². The molecule has 0 radical (unpaired) electrons. The Morgan fingerprint density at radius 3 is 2.60 bits per heavy atom. The van der Waals surface area contributed by atoms with Crippen LogP contribution in [0.3, 0.4) is 0 Å². The van der Waals surface area contributed by atoms with Crippen LogP contribution in [0, 0.1) is 0 Å². The Morgan fingerprint density at radius 1 is 1.12 bits per heavy atom. The lowest BCUT2D eigenvalue weighted by atomic mass is 10.2. The predicted octanol–water partition coefficient (Wildman–Crippen LogP) is 5.96. The lowest BCUT2D eigenvalue weighted by molar-refractivity contribution is -0.124. The number of carbonyl (C=O) groups excluding carboxylic acids is 2. The Balaban J connectivity index is 1.59. The highest BCUT2D eigenvalue weighted by Crippen LogP contribution is 2.28. The van der Waals surface area contributed by atoms with E-state index in [4.69, 9.17) is 14.5 Å². The van der Waals surface area contributed by atoms with E-state index in [1.165, 1.54) is 4.68 Å². The van der Waals surface area contributed by atoms with E-state index < -0.39 is 11.7 Å². The molecule has 0 spiro atoms. The topological polar surface area (TPSA) is 120 Å². The SMILES string of the molecule is C=C(C=C(C)OCC(=O)NC(C)C)c1nc(Nc2ccc3c(cnn3C(=O)OC(C)(C)C)c2)c2ccccc2n1. The molecule has 1 amide bonds. The molecule has 2 aromatic carbocycles. The molecule has 0 aliphatic rings. The third-order valence-corrected chi connectivity index (χ3v) is 5.55. The van der Waals surface area contributed by atoms with Gasteiger partial charge in [-0.15, -0.1) is 0 Å². The molecule has 0 saturated carbocycles. The van der Waals surface area contributed by atoms with Gasteiger partial charge >= 0.3 is 6.09 Å². The van der Waals surface area contributed by atoms with E-state index in [1.807, 2.05) is 71.0 Å². The number of aromatic nitrogens is 4. The maximum atomic E-state index is 12.6. The van der Waals surface area contributed by atoms with Crippen molar-refractivity contribution in [1.29, 1.82) is 0 Å². The summed E-state index contributed by atoms with van der Waals surface area (Å²) in [5.41, 5.74) is 2.02. The number of nitrogens with one attached hydrogen (secondary N) is 2. The molecule has 0 fully saturated rings. The van der Waals surface area contributed by atoms with Gasteiger partial charge in [-0.2, -0.15) is 9.78 Å². The number of para-hydroxylation sites is 1. The highest BCUT2D eigenvalue weighted by atomic mass is 16.6. The largest absolute Gasteiger partial charge is 0.488 e. The van der Waals surface area contributed by atoms with Gasteiger partial charge < -0.3 is 20.1 Å². The van der Waals surface area contributed by atoms with Crippen LogP contribution >= 0.6 is 0 Å². The number of allylic oxidation sites excluding steroid dienone is 3. The Bertz CT molecular complexity index is 1610. The average molecular weight is 543 g/mol. The van der Waals surface area contributed by atoms with Crippen molar-refractivity contribution in [2.24, 2.45) is 0 Å². The minimum Gasteiger partial charge on any atom is -0.488 e. The molecule has 0 bridgehead atoms. The first-order valence-corrected chi connectivity index (χ1v) is 12.9. The minimum absolute atomic E-state index is 0.0362. The van der Waals surface area contributed by atoms with Crippen LogP contribution in [0.4, 0.5) is 16.3 Å². The molecule has 0 atom stereocenters. The van der Waals surface area contributed by atoms with Crippen molar-refractivity contribution in [3.63, 3.8) is 0 Å². The summed E-state index contributed by atoms with van der Waals surface area (Å²) in [5, 5.41) is 12.0. The molecule has 2 N–H and O–H groups in total. The maximum Gasteiger partial charge on any atom is 0.435 e. The number of hydrogen-bond donors (Lipinski definition) is 2. The number of anilines is 2. The van der Waals surface area contributed by atoms with E-state index in [0.717, 1.165) is 22.0 Å². The first-order valence-electron chi connectivity index (χ1n) is 12.9. The zero-order valence-corrected chi connectivity index (χ0v) is 23.6. The number of benzene rings is 2. The summed E-state index contributed by atoms with van der Waals surface area (Å²) in [4.78, 5) is 33.9. The molecule has 0 aliphatic heterocycles. The van der Waals surface area contributed by atoms with Gasteiger partial charge in [0.25, 0.3) is 5.91 Å². The van der Waals surface area contributed by atoms with Crippen LogP contribution in [0.1, 0.15) is 47.4 Å². The summed E-state index contributed by atoms with van der Waals surface area (Å²) in [7, 11) is 0. The molecule has 0 unspecified atom stereocenters. The molecule has 4 rings (SSSR count). The maximum absolute atomic E-state index is 12.6. The van der Waals surface area contributed by atoms with Gasteiger partial charge in [0, 0.05) is 28.1 Å². The summed E-state index contributed by atoms with van der Waals surface area (Å²) < 4.78 is 12.3. The summed E-state index contributed by atoms with van der Waals surface area (Å²) in [6.45, 7) is 15.0. The Labute approximate surface area is 233 Å². The zero-order chi connectivity index (χ0) is 29.0. The molecule has 208 valence electrons. The number of rotatable bonds is 8. The van der Waals surface area contributed by atoms with E-state index in [1.54, 1.807) is 25.3 Å². The van der Waals surface area contributed by atoms with Gasteiger partial charge in [-0.25, -0.2) is 14.8 Å². The van der Waals surface area contributed by atoms with Crippen molar-refractivity contribution >= 4 is 50.9 Å². The van der Waals surface area contributed by atoms with Crippen molar-refractivity contribution in [2.45, 2.75) is 53.2 Å². The monoisotopic (exact) mass is 542 g/mol. The van der Waals surface area contributed by atoms with Crippen LogP contribution in [-0.2, 0) is 14.3 Å². The summed E-state index contributed by atoms with van der Waals surface area (Å²) >= 11 is 0. The van der Waals surface area contributed by atoms with Crippen molar-refractivity contribution < 1.29 is 19.1 Å². The third kappa shape index (κ3) is 7.02. The minimum atomic E-state index is -0.630. The van der Waals surface area contributed by atoms with E-state index in [9.17, 15) is 9.59 Å². The molecule has 0 saturated heterocycles. The zero-order valence-electron chi connectivity index (χ0n) is 23.6. The van der Waals surface area contributed by atoms with Gasteiger partial charge in [0.05, 0.1) is 23.0 Å². The summed E-state index contributed by atoms with van der Waals surface area (Å²) in [6.07, 6.45) is 2.78. The Morgan fingerprint density at radius 2 is 1.88 bits per heavy atom. The van der Waals surface area contributed by atoms with Crippen LogP contribution in [-0.4, -0.2) is 50.0 Å². The highest BCUT2D eigenvalue weighted by Gasteiger charge is 2.20. The van der Waals surface area contributed by atoms with Crippen LogP contribution < -0.4 is 10.6 Å². The van der Waals surface area contributed by atoms with Crippen LogP contribution in [0.5, 0.6) is 0 Å². The number of carbonyl (C=O) groups is 2. The molecular formula is C30H34N6O4. The Kier molecular flexibility index (Phi) is 8.18. The smallest absolute Gasteiger partial charge is 0.435 e. The summed E-state index contributed by atoms with van der Waals surface area (Å²) in [5.74, 6) is 1.32. The van der Waals surface area contributed by atoms with E-state index in [2.05, 4.69) is 27.3 Å². The normalized spacial score (nSPS) is 12.0. The summed E-state index contributed by atoms with van der Waals surface area (Å²) in [6, 6.07) is 13.2. The number of hydrogen-bond acceptors (Lipinski definition) is 8. The second-order valence-corrected chi connectivity index (χ2v) is 10.6. The second-order valence-electron chi connectivity index (χ2n) is 10.6. The molecule has 2 heterocycles. The van der Waals surface area contributed by atoms with Crippen molar-refractivity contribution in [1.82, 2.24) is 25.1 Å². The van der Waals surface area contributed by atoms with E-state index in [0.29, 0.717) is 28.5 Å². The molecule has 10 heteroatoms. The fourth-order valence-corrected chi connectivity index (χ4v) is 3.91. The fourth-order valence-electron chi connectivity index (χ4n) is 3.91. The third-order valence-electron chi connectivity index (χ3n) is 5.55. The highest BCUT2D eigenvalue weighted by molar-refractivity contribution is 5.94. The standard InChI is InChI=1S/C30H34N6O4/c1-18(2)32-26(37)17-39-20(4)14-19(3)27-34-24-11-9-8-10-23(24)28(35-27)33-22-12-13-25-21(15-22)16-31-36(25)29(38)40-30(5,6)7/h8-16,18H,3,17H2,1-2,4-7H3,(H,32,37)(H,33,34,35). The Hall–Kier alpha value is -4.73. The molecule has 40 heavy (non-hydrogen) atoms. The lowest BCUT2D eigenvalue weighted by Gasteiger charge is -2.19. The number of nitrogens with zero attached hydrogens (tertiary/aromatic N) is 4. The second kappa shape index (κ2) is 11.6. The van der Waals surface area contributed by atoms with Crippen LogP contribution in [0.2, 0.25) is 0 Å². The first kappa shape index (κ1) is 28.3. The van der Waals surface area contributed by atoms with Crippen molar-refractivity contribution in [3.8, 4) is 0 Å². The number of fused-ring (bicyclic) bond motifs is 2. The van der Waals surface area contributed by atoms with Gasteiger partial charge in [0.1, 0.15) is 11.4 Å². The molecule has 2 aromatic heterocycles. The van der Waals surface area contributed by atoms with Gasteiger partial charge in [-0.3, -0.25) is 4.79 Å².